The average Bonchev–Trinajstić information content (AvgIpc) is 2.98. The van der Waals surface area contributed by atoms with Gasteiger partial charge < -0.3 is 19.6 Å². The van der Waals surface area contributed by atoms with E-state index in [1.807, 2.05) is 0 Å². The fourth-order valence-corrected chi connectivity index (χ4v) is 2.33. The molecule has 0 saturated carbocycles. The van der Waals surface area contributed by atoms with Crippen molar-refractivity contribution in [3.8, 4) is 5.75 Å². The molecule has 26 heavy (non-hydrogen) atoms. The van der Waals surface area contributed by atoms with Crippen LogP contribution in [-0.2, 0) is 20.7 Å². The van der Waals surface area contributed by atoms with Crippen LogP contribution in [-0.4, -0.2) is 23.6 Å². The molecule has 0 saturated heterocycles. The molecular formula is C18H13F2NO5. The molecule has 0 aliphatic rings. The zero-order valence-corrected chi connectivity index (χ0v) is 13.3. The highest BCUT2D eigenvalue weighted by Crippen LogP contribution is 2.25. The maximum Gasteiger partial charge on any atom is 0.310 e. The normalized spacial score (nSPS) is 10.7. The second-order valence-electron chi connectivity index (χ2n) is 5.46. The minimum Gasteiger partial charge on any atom is -0.508 e. The Bertz CT molecular complexity index is 983. The Morgan fingerprint density at radius 2 is 1.92 bits per heavy atom. The van der Waals surface area contributed by atoms with Gasteiger partial charge in [-0.05, 0) is 24.3 Å². The number of fused-ring (bicyclic) bond motifs is 1. The minimum absolute atomic E-state index is 0.0369. The van der Waals surface area contributed by atoms with Gasteiger partial charge in [-0.15, -0.1) is 0 Å². The van der Waals surface area contributed by atoms with Crippen molar-refractivity contribution in [3.63, 3.8) is 0 Å². The summed E-state index contributed by atoms with van der Waals surface area (Å²) in [5, 5.41) is 12.3. The predicted molar refractivity (Wildman–Crippen MR) is 87.5 cm³/mol. The lowest BCUT2D eigenvalue weighted by Gasteiger charge is -2.06. The number of carbonyl (C=O) groups is 2. The summed E-state index contributed by atoms with van der Waals surface area (Å²) in [4.78, 5) is 23.6. The summed E-state index contributed by atoms with van der Waals surface area (Å²) in [5.41, 5.74) is 1.01. The molecule has 0 unspecified atom stereocenters. The lowest BCUT2D eigenvalue weighted by atomic mass is 10.1. The Morgan fingerprint density at radius 1 is 1.12 bits per heavy atom. The third kappa shape index (κ3) is 3.97. The molecule has 3 rings (SSSR count). The van der Waals surface area contributed by atoms with Crippen LogP contribution >= 0.6 is 0 Å². The molecule has 0 spiro atoms. The molecule has 0 bridgehead atoms. The first-order valence-corrected chi connectivity index (χ1v) is 7.52. The fourth-order valence-electron chi connectivity index (χ4n) is 2.33. The summed E-state index contributed by atoms with van der Waals surface area (Å²) in [6.07, 6.45) is 1.24. The Hall–Kier alpha value is -3.42. The van der Waals surface area contributed by atoms with Crippen LogP contribution in [0.25, 0.3) is 11.0 Å². The van der Waals surface area contributed by atoms with Gasteiger partial charge in [-0.25, -0.2) is 8.78 Å². The summed E-state index contributed by atoms with van der Waals surface area (Å²) in [7, 11) is 0. The first-order valence-electron chi connectivity index (χ1n) is 7.52. The van der Waals surface area contributed by atoms with E-state index in [4.69, 9.17) is 9.15 Å². The van der Waals surface area contributed by atoms with E-state index in [-0.39, 0.29) is 17.9 Å². The van der Waals surface area contributed by atoms with E-state index in [1.165, 1.54) is 24.5 Å². The Kier molecular flexibility index (Phi) is 4.83. The molecule has 1 heterocycles. The van der Waals surface area contributed by atoms with E-state index < -0.39 is 30.1 Å². The van der Waals surface area contributed by atoms with Gasteiger partial charge in [0.1, 0.15) is 11.3 Å². The number of hydrogen-bond donors (Lipinski definition) is 2. The van der Waals surface area contributed by atoms with E-state index in [9.17, 15) is 23.5 Å². The van der Waals surface area contributed by atoms with Crippen molar-refractivity contribution in [2.75, 3.05) is 11.9 Å². The Balaban J connectivity index is 1.54. The van der Waals surface area contributed by atoms with Crippen LogP contribution in [0.15, 0.2) is 47.1 Å². The van der Waals surface area contributed by atoms with Crippen molar-refractivity contribution in [2.45, 2.75) is 6.42 Å². The molecular weight excluding hydrogens is 348 g/mol. The van der Waals surface area contributed by atoms with Gasteiger partial charge in [-0.2, -0.15) is 0 Å². The van der Waals surface area contributed by atoms with Crippen LogP contribution in [0.5, 0.6) is 5.75 Å². The number of phenols is 1. The van der Waals surface area contributed by atoms with E-state index in [0.29, 0.717) is 16.5 Å². The number of ether oxygens (including phenoxy) is 1. The molecule has 0 aliphatic heterocycles. The summed E-state index contributed by atoms with van der Waals surface area (Å²) >= 11 is 0. The van der Waals surface area contributed by atoms with Crippen LogP contribution in [0.2, 0.25) is 0 Å². The van der Waals surface area contributed by atoms with Crippen LogP contribution in [0, 0.1) is 11.6 Å². The quantitative estimate of drug-likeness (QED) is 0.682. The summed E-state index contributed by atoms with van der Waals surface area (Å²) in [6, 6.07) is 7.36. The minimum atomic E-state index is -1.10. The molecule has 6 nitrogen and oxygen atoms in total. The molecule has 2 N–H and O–H groups in total. The lowest BCUT2D eigenvalue weighted by molar-refractivity contribution is -0.146. The number of amides is 1. The number of nitrogens with one attached hydrogen (secondary N) is 1. The number of benzene rings is 2. The second-order valence-corrected chi connectivity index (χ2v) is 5.46. The number of aromatic hydroxyl groups is 1. The van der Waals surface area contributed by atoms with E-state index in [1.54, 1.807) is 6.07 Å². The van der Waals surface area contributed by atoms with Crippen LogP contribution in [0.4, 0.5) is 14.5 Å². The zero-order valence-electron chi connectivity index (χ0n) is 13.3. The van der Waals surface area contributed by atoms with Gasteiger partial charge in [0.05, 0.1) is 12.7 Å². The molecule has 8 heteroatoms. The summed E-state index contributed by atoms with van der Waals surface area (Å²) < 4.78 is 36.0. The third-order valence-corrected chi connectivity index (χ3v) is 3.54. The monoisotopic (exact) mass is 361 g/mol. The van der Waals surface area contributed by atoms with Gasteiger partial charge in [0.25, 0.3) is 5.91 Å². The molecule has 3 aromatic rings. The van der Waals surface area contributed by atoms with E-state index in [0.717, 1.165) is 12.1 Å². The maximum atomic E-state index is 13.1. The first-order chi connectivity index (χ1) is 12.4. The number of esters is 1. The average molecular weight is 361 g/mol. The molecule has 0 atom stereocenters. The van der Waals surface area contributed by atoms with Crippen molar-refractivity contribution in [1.29, 1.82) is 0 Å². The maximum absolute atomic E-state index is 13.1. The first kappa shape index (κ1) is 17.4. The van der Waals surface area contributed by atoms with Crippen molar-refractivity contribution in [3.05, 3.63) is 59.9 Å². The third-order valence-electron chi connectivity index (χ3n) is 3.54. The summed E-state index contributed by atoms with van der Waals surface area (Å²) in [5.74, 6) is -3.45. The largest absolute Gasteiger partial charge is 0.508 e. The van der Waals surface area contributed by atoms with Crippen LogP contribution in [0.1, 0.15) is 5.56 Å². The SMILES string of the molecule is O=C(COC(=O)Cc1coc2cc(O)ccc12)Nc1ccc(F)c(F)c1. The molecule has 1 amide bonds. The standard InChI is InChI=1S/C18H13F2NO5/c19-14-4-1-11(6-15(14)20)21-17(23)9-26-18(24)5-10-8-25-16-7-12(22)2-3-13(10)16/h1-4,6-8,22H,5,9H2,(H,21,23). The highest BCUT2D eigenvalue weighted by molar-refractivity contribution is 5.93. The topological polar surface area (TPSA) is 88.8 Å². The van der Waals surface area contributed by atoms with E-state index in [2.05, 4.69) is 5.32 Å². The van der Waals surface area contributed by atoms with Gasteiger partial charge >= 0.3 is 5.97 Å². The van der Waals surface area contributed by atoms with E-state index >= 15 is 0 Å². The predicted octanol–water partition coefficient (Wildman–Crippen LogP) is 3.14. The smallest absolute Gasteiger partial charge is 0.310 e. The van der Waals surface area contributed by atoms with Crippen LogP contribution < -0.4 is 5.32 Å². The fraction of sp³-hybridized carbons (Fsp3) is 0.111. The molecule has 0 aliphatic carbocycles. The number of carbonyl (C=O) groups excluding carboxylic acids is 2. The van der Waals surface area contributed by atoms with Crippen molar-refractivity contribution in [1.82, 2.24) is 0 Å². The number of phenolic OH excluding ortho intramolecular Hbond substituents is 1. The number of hydrogen-bond acceptors (Lipinski definition) is 5. The Morgan fingerprint density at radius 3 is 2.69 bits per heavy atom. The van der Waals surface area contributed by atoms with Gasteiger partial charge in [0, 0.05) is 28.8 Å². The van der Waals surface area contributed by atoms with Crippen molar-refractivity contribution in [2.24, 2.45) is 0 Å². The number of anilines is 1. The lowest BCUT2D eigenvalue weighted by Crippen LogP contribution is -2.21. The number of furan rings is 1. The van der Waals surface area contributed by atoms with Gasteiger partial charge in [0.2, 0.25) is 0 Å². The number of rotatable bonds is 5. The van der Waals surface area contributed by atoms with Gasteiger partial charge in [0.15, 0.2) is 18.2 Å². The molecule has 1 aromatic heterocycles. The molecule has 0 radical (unpaired) electrons. The molecule has 134 valence electrons. The Labute approximate surface area is 146 Å². The van der Waals surface area contributed by atoms with Gasteiger partial charge in [-0.1, -0.05) is 0 Å². The highest BCUT2D eigenvalue weighted by atomic mass is 19.2. The molecule has 0 fully saturated rings. The highest BCUT2D eigenvalue weighted by Gasteiger charge is 2.14. The molecule has 2 aromatic carbocycles. The van der Waals surface area contributed by atoms with Crippen molar-refractivity contribution >= 4 is 28.5 Å². The van der Waals surface area contributed by atoms with Crippen molar-refractivity contribution < 1.29 is 32.6 Å². The number of halogens is 2. The summed E-state index contributed by atoms with van der Waals surface area (Å²) in [6.45, 7) is -0.575. The van der Waals surface area contributed by atoms with Crippen LogP contribution in [0.3, 0.4) is 0 Å². The van der Waals surface area contributed by atoms with Gasteiger partial charge in [-0.3, -0.25) is 9.59 Å². The zero-order chi connectivity index (χ0) is 18.7. The second kappa shape index (κ2) is 7.22.